The average molecular weight is 288 g/mol. The van der Waals surface area contributed by atoms with Crippen LogP contribution in [-0.2, 0) is 0 Å². The molecule has 0 fully saturated rings. The highest BCUT2D eigenvalue weighted by atomic mass is 32.1. The van der Waals surface area contributed by atoms with E-state index in [-0.39, 0.29) is 10.5 Å². The van der Waals surface area contributed by atoms with E-state index in [0.717, 1.165) is 12.1 Å². The predicted molar refractivity (Wildman–Crippen MR) is 64.4 cm³/mol. The summed E-state index contributed by atoms with van der Waals surface area (Å²) in [6.45, 7) is 0. The highest BCUT2D eigenvalue weighted by Crippen LogP contribution is 2.25. The summed E-state index contributed by atoms with van der Waals surface area (Å²) in [6.07, 6.45) is -4.73. The molecule has 19 heavy (non-hydrogen) atoms. The number of halogens is 3. The van der Waals surface area contributed by atoms with Crippen LogP contribution in [0.1, 0.15) is 0 Å². The number of H-pyrrole nitrogens is 2. The maximum absolute atomic E-state index is 12.0. The molecule has 8 heteroatoms. The van der Waals surface area contributed by atoms with Gasteiger partial charge in [0.2, 0.25) is 0 Å². The summed E-state index contributed by atoms with van der Waals surface area (Å²) in [4.78, 5) is 16.3. The van der Waals surface area contributed by atoms with Gasteiger partial charge in [-0.15, -0.1) is 13.2 Å². The van der Waals surface area contributed by atoms with Crippen LogP contribution >= 0.6 is 12.2 Å². The summed E-state index contributed by atoms with van der Waals surface area (Å²) in [6, 6.07) is 6.35. The minimum atomic E-state index is -4.73. The quantitative estimate of drug-likeness (QED) is 0.835. The van der Waals surface area contributed by atoms with Crippen molar-refractivity contribution in [2.75, 3.05) is 0 Å². The zero-order valence-corrected chi connectivity index (χ0v) is 10.1. The van der Waals surface area contributed by atoms with E-state index in [1.807, 2.05) is 0 Å². The normalized spacial score (nSPS) is 11.3. The van der Waals surface area contributed by atoms with E-state index in [0.29, 0.717) is 11.3 Å². The molecule has 1 heterocycles. The predicted octanol–water partition coefficient (Wildman–Crippen LogP) is 3.00. The van der Waals surface area contributed by atoms with Crippen LogP contribution in [-0.4, -0.2) is 16.3 Å². The van der Waals surface area contributed by atoms with Crippen molar-refractivity contribution in [1.82, 2.24) is 9.97 Å². The first-order valence-corrected chi connectivity index (χ1v) is 5.44. The molecule has 100 valence electrons. The molecule has 0 saturated heterocycles. The number of hydrogen-bond donors (Lipinski definition) is 2. The Labute approximate surface area is 109 Å². The molecule has 2 N–H and O–H groups in total. The van der Waals surface area contributed by atoms with Crippen LogP contribution < -0.4 is 10.3 Å². The summed E-state index contributed by atoms with van der Waals surface area (Å²) >= 11 is 4.80. The maximum atomic E-state index is 12.0. The second kappa shape index (κ2) is 4.88. The van der Waals surface area contributed by atoms with Gasteiger partial charge in [0.05, 0.1) is 5.69 Å². The molecule has 0 unspecified atom stereocenters. The van der Waals surface area contributed by atoms with Crippen molar-refractivity contribution in [2.45, 2.75) is 6.36 Å². The van der Waals surface area contributed by atoms with Gasteiger partial charge in [0, 0.05) is 6.07 Å². The number of ether oxygens (including phenoxy) is 1. The lowest BCUT2D eigenvalue weighted by atomic mass is 10.1. The lowest BCUT2D eigenvalue weighted by Crippen LogP contribution is -2.16. The number of aromatic nitrogens is 2. The van der Waals surface area contributed by atoms with Crippen LogP contribution in [0.3, 0.4) is 0 Å². The fraction of sp³-hybridized carbons (Fsp3) is 0.0909. The highest BCUT2D eigenvalue weighted by molar-refractivity contribution is 7.71. The lowest BCUT2D eigenvalue weighted by molar-refractivity contribution is -0.274. The topological polar surface area (TPSA) is 57.9 Å². The Morgan fingerprint density at radius 2 is 1.74 bits per heavy atom. The number of alkyl halides is 3. The van der Waals surface area contributed by atoms with Gasteiger partial charge in [-0.25, -0.2) is 0 Å². The lowest BCUT2D eigenvalue weighted by Gasteiger charge is -2.09. The number of aromatic amines is 2. The van der Waals surface area contributed by atoms with Crippen LogP contribution in [0.5, 0.6) is 5.75 Å². The first-order valence-electron chi connectivity index (χ1n) is 5.03. The zero-order valence-electron chi connectivity index (χ0n) is 9.25. The Kier molecular flexibility index (Phi) is 3.43. The summed E-state index contributed by atoms with van der Waals surface area (Å²) in [5.41, 5.74) is 0.536. The largest absolute Gasteiger partial charge is 0.573 e. The molecule has 0 aliphatic carbocycles. The van der Waals surface area contributed by atoms with Gasteiger partial charge >= 0.3 is 6.36 Å². The first kappa shape index (κ1) is 13.3. The van der Waals surface area contributed by atoms with E-state index in [1.165, 1.54) is 18.2 Å². The molecule has 0 bridgehead atoms. The number of hydrogen-bond acceptors (Lipinski definition) is 3. The van der Waals surface area contributed by atoms with Crippen LogP contribution in [0.25, 0.3) is 11.3 Å². The van der Waals surface area contributed by atoms with Gasteiger partial charge in [-0.2, -0.15) is 0 Å². The molecule has 0 aliphatic heterocycles. The third kappa shape index (κ3) is 3.68. The molecule has 0 amide bonds. The molecule has 0 atom stereocenters. The molecular formula is C11H7F3N2O2S. The van der Waals surface area contributed by atoms with Gasteiger partial charge in [-0.05, 0) is 42.0 Å². The van der Waals surface area contributed by atoms with Crippen LogP contribution in [0.15, 0.2) is 35.1 Å². The van der Waals surface area contributed by atoms with Crippen molar-refractivity contribution in [3.8, 4) is 17.0 Å². The second-order valence-electron chi connectivity index (χ2n) is 3.57. The monoisotopic (exact) mass is 288 g/mol. The Morgan fingerprint density at radius 1 is 1.11 bits per heavy atom. The van der Waals surface area contributed by atoms with Crippen molar-refractivity contribution in [3.05, 3.63) is 45.5 Å². The number of nitrogens with one attached hydrogen (secondary N) is 2. The molecule has 0 saturated carbocycles. The van der Waals surface area contributed by atoms with E-state index < -0.39 is 11.9 Å². The Hall–Kier alpha value is -2.09. The van der Waals surface area contributed by atoms with Crippen molar-refractivity contribution >= 4 is 12.2 Å². The SMILES string of the molecule is O=c1cc(-c2ccc(OC(F)(F)F)cc2)[nH]c(=S)[nH]1. The van der Waals surface area contributed by atoms with Crippen LogP contribution in [0.2, 0.25) is 0 Å². The third-order valence-corrected chi connectivity index (χ3v) is 2.36. The third-order valence-electron chi connectivity index (χ3n) is 2.16. The van der Waals surface area contributed by atoms with Crippen molar-refractivity contribution < 1.29 is 17.9 Å². The Balaban J connectivity index is 2.32. The van der Waals surface area contributed by atoms with E-state index in [9.17, 15) is 18.0 Å². The van der Waals surface area contributed by atoms with Crippen molar-refractivity contribution in [3.63, 3.8) is 0 Å². The van der Waals surface area contributed by atoms with Gasteiger partial charge < -0.3 is 9.72 Å². The van der Waals surface area contributed by atoms with E-state index >= 15 is 0 Å². The summed E-state index contributed by atoms with van der Waals surface area (Å²) in [5, 5.41) is 0. The number of benzene rings is 1. The minimum absolute atomic E-state index is 0.137. The van der Waals surface area contributed by atoms with Crippen LogP contribution in [0, 0.1) is 4.77 Å². The molecular weight excluding hydrogens is 281 g/mol. The molecule has 2 aromatic rings. The zero-order chi connectivity index (χ0) is 14.0. The average Bonchev–Trinajstić information content (AvgIpc) is 2.26. The van der Waals surface area contributed by atoms with E-state index in [4.69, 9.17) is 12.2 Å². The van der Waals surface area contributed by atoms with E-state index in [1.54, 1.807) is 0 Å². The Bertz CT molecular complexity index is 660. The molecule has 0 radical (unpaired) electrons. The fourth-order valence-electron chi connectivity index (χ4n) is 1.46. The molecule has 0 aliphatic rings. The molecule has 1 aromatic heterocycles. The summed E-state index contributed by atoms with van der Waals surface area (Å²) in [7, 11) is 0. The van der Waals surface area contributed by atoms with Gasteiger partial charge in [0.1, 0.15) is 5.75 Å². The first-order chi connectivity index (χ1) is 8.83. The highest BCUT2D eigenvalue weighted by Gasteiger charge is 2.30. The minimum Gasteiger partial charge on any atom is -0.406 e. The molecule has 4 nitrogen and oxygen atoms in total. The maximum Gasteiger partial charge on any atom is 0.573 e. The van der Waals surface area contributed by atoms with E-state index in [2.05, 4.69) is 14.7 Å². The fourth-order valence-corrected chi connectivity index (χ4v) is 1.67. The number of rotatable bonds is 2. The molecule has 0 spiro atoms. The molecule has 2 rings (SSSR count). The smallest absolute Gasteiger partial charge is 0.406 e. The van der Waals surface area contributed by atoms with Crippen molar-refractivity contribution in [2.24, 2.45) is 0 Å². The second-order valence-corrected chi connectivity index (χ2v) is 3.98. The molecule has 1 aromatic carbocycles. The summed E-state index contributed by atoms with van der Waals surface area (Å²) in [5.74, 6) is -0.334. The van der Waals surface area contributed by atoms with Gasteiger partial charge in [0.15, 0.2) is 4.77 Å². The van der Waals surface area contributed by atoms with Gasteiger partial charge in [-0.3, -0.25) is 9.78 Å². The van der Waals surface area contributed by atoms with Gasteiger partial charge in [0.25, 0.3) is 5.56 Å². The van der Waals surface area contributed by atoms with Crippen molar-refractivity contribution in [1.29, 1.82) is 0 Å². The Morgan fingerprint density at radius 3 is 2.26 bits per heavy atom. The van der Waals surface area contributed by atoms with Crippen LogP contribution in [0.4, 0.5) is 13.2 Å². The summed E-state index contributed by atoms with van der Waals surface area (Å²) < 4.78 is 39.8. The standard InChI is InChI=1S/C11H7F3N2O2S/c12-11(13,14)18-7-3-1-6(2-4-7)8-5-9(17)16-10(19)15-8/h1-5H,(H2,15,16,17,19). The van der Waals surface area contributed by atoms with Gasteiger partial charge in [-0.1, -0.05) is 0 Å².